The smallest absolute Gasteiger partial charge is 0.0121 e. The van der Waals surface area contributed by atoms with Gasteiger partial charge >= 0.3 is 0 Å². The third kappa shape index (κ3) is 1.19. The van der Waals surface area contributed by atoms with Crippen LogP contribution < -0.4 is 5.73 Å². The van der Waals surface area contributed by atoms with Crippen LogP contribution in [0.15, 0.2) is 10.8 Å². The van der Waals surface area contributed by atoms with E-state index in [0.29, 0.717) is 6.04 Å². The van der Waals surface area contributed by atoms with Crippen molar-refractivity contribution >= 4 is 23.7 Å². The minimum Gasteiger partial charge on any atom is -0.327 e. The van der Waals surface area contributed by atoms with E-state index < -0.39 is 0 Å². The van der Waals surface area contributed by atoms with Gasteiger partial charge in [-0.05, 0) is 34.7 Å². The van der Waals surface area contributed by atoms with Crippen LogP contribution in [0.4, 0.5) is 0 Å². The molecule has 0 fully saturated rings. The van der Waals surface area contributed by atoms with Gasteiger partial charge < -0.3 is 5.73 Å². The van der Waals surface area contributed by atoms with Crippen LogP contribution in [-0.2, 0) is 12.8 Å². The summed E-state index contributed by atoms with van der Waals surface area (Å²) in [6, 6.07) is 0.406. The Hall–Kier alpha value is -0.0500. The first-order valence-corrected chi connectivity index (χ1v) is 4.10. The normalized spacial score (nSPS) is 16.5. The third-order valence-corrected chi connectivity index (χ3v) is 2.64. The van der Waals surface area contributed by atoms with E-state index >= 15 is 0 Å². The van der Waals surface area contributed by atoms with Crippen LogP contribution in [0.5, 0.6) is 0 Å². The molecule has 0 unspecified atom stereocenters. The molecule has 10 heavy (non-hydrogen) atoms. The van der Waals surface area contributed by atoms with Crippen molar-refractivity contribution in [3.05, 3.63) is 21.9 Å². The van der Waals surface area contributed by atoms with Crippen molar-refractivity contribution in [1.82, 2.24) is 0 Å². The highest BCUT2D eigenvalue weighted by Gasteiger charge is 2.17. The van der Waals surface area contributed by atoms with Crippen LogP contribution in [0.2, 0.25) is 0 Å². The Bertz CT molecular complexity index is 201. The number of halogens is 1. The fraction of sp³-hybridized carbons (Fsp3) is 0.429. The standard InChI is InChI=1S/C7H9NS.ClH/c8-7-1-5-3-9-4-6(5)2-7;/h3-4,7H,1-2,8H2;1H. The molecule has 0 radical (unpaired) electrons. The van der Waals surface area contributed by atoms with E-state index in [9.17, 15) is 0 Å². The van der Waals surface area contributed by atoms with Crippen LogP contribution in [-0.4, -0.2) is 6.04 Å². The molecular weight excluding hydrogens is 166 g/mol. The summed E-state index contributed by atoms with van der Waals surface area (Å²) in [6.45, 7) is 0. The van der Waals surface area contributed by atoms with Crippen LogP contribution in [0.3, 0.4) is 0 Å². The van der Waals surface area contributed by atoms with Gasteiger partial charge in [-0.25, -0.2) is 0 Å². The summed E-state index contributed by atoms with van der Waals surface area (Å²) < 4.78 is 0. The molecule has 1 aliphatic carbocycles. The van der Waals surface area contributed by atoms with E-state index in [0.717, 1.165) is 12.8 Å². The van der Waals surface area contributed by atoms with E-state index in [-0.39, 0.29) is 12.4 Å². The molecule has 0 amide bonds. The van der Waals surface area contributed by atoms with Gasteiger partial charge in [0.2, 0.25) is 0 Å². The lowest BCUT2D eigenvalue weighted by Gasteiger charge is -1.95. The lowest BCUT2D eigenvalue weighted by Crippen LogP contribution is -2.19. The number of thiophene rings is 1. The summed E-state index contributed by atoms with van der Waals surface area (Å²) in [4.78, 5) is 0. The lowest BCUT2D eigenvalue weighted by molar-refractivity contribution is 0.721. The third-order valence-electron chi connectivity index (χ3n) is 1.80. The zero-order valence-corrected chi connectivity index (χ0v) is 7.17. The van der Waals surface area contributed by atoms with Gasteiger partial charge in [-0.15, -0.1) is 12.4 Å². The van der Waals surface area contributed by atoms with Crippen LogP contribution >= 0.6 is 23.7 Å². The van der Waals surface area contributed by atoms with Crippen molar-refractivity contribution in [2.24, 2.45) is 5.73 Å². The lowest BCUT2D eigenvalue weighted by atomic mass is 10.2. The Morgan fingerprint density at radius 3 is 2.30 bits per heavy atom. The topological polar surface area (TPSA) is 26.0 Å². The zero-order valence-electron chi connectivity index (χ0n) is 5.54. The SMILES string of the molecule is Cl.NC1Cc2cscc2C1. The van der Waals surface area contributed by atoms with Crippen molar-refractivity contribution in [3.63, 3.8) is 0 Å². The first kappa shape index (κ1) is 8.05. The molecule has 56 valence electrons. The molecule has 0 saturated heterocycles. The van der Waals surface area contributed by atoms with Gasteiger partial charge in [0.1, 0.15) is 0 Å². The summed E-state index contributed by atoms with van der Waals surface area (Å²) >= 11 is 1.79. The van der Waals surface area contributed by atoms with Gasteiger partial charge in [0.15, 0.2) is 0 Å². The van der Waals surface area contributed by atoms with Crippen molar-refractivity contribution in [2.45, 2.75) is 18.9 Å². The Kier molecular flexibility index (Phi) is 2.34. The van der Waals surface area contributed by atoms with Gasteiger partial charge in [0.25, 0.3) is 0 Å². The highest BCUT2D eigenvalue weighted by atomic mass is 35.5. The van der Waals surface area contributed by atoms with E-state index in [2.05, 4.69) is 10.8 Å². The van der Waals surface area contributed by atoms with Crippen LogP contribution in [0.1, 0.15) is 11.1 Å². The molecule has 0 bridgehead atoms. The van der Waals surface area contributed by atoms with Crippen molar-refractivity contribution in [1.29, 1.82) is 0 Å². The number of fused-ring (bicyclic) bond motifs is 1. The molecule has 2 N–H and O–H groups in total. The highest BCUT2D eigenvalue weighted by molar-refractivity contribution is 7.08. The molecular formula is C7H10ClNS. The maximum Gasteiger partial charge on any atom is 0.0121 e. The van der Waals surface area contributed by atoms with Gasteiger partial charge in [-0.3, -0.25) is 0 Å². The Morgan fingerprint density at radius 2 is 1.80 bits per heavy atom. The van der Waals surface area contributed by atoms with E-state index in [1.807, 2.05) is 0 Å². The largest absolute Gasteiger partial charge is 0.327 e. The molecule has 0 atom stereocenters. The number of nitrogens with two attached hydrogens (primary N) is 1. The van der Waals surface area contributed by atoms with Crippen LogP contribution in [0, 0.1) is 0 Å². The summed E-state index contributed by atoms with van der Waals surface area (Å²) in [5.41, 5.74) is 8.69. The Morgan fingerprint density at radius 1 is 1.30 bits per heavy atom. The molecule has 1 nitrogen and oxygen atoms in total. The van der Waals surface area contributed by atoms with E-state index in [1.54, 1.807) is 11.3 Å². The molecule has 1 aromatic heterocycles. The molecule has 2 rings (SSSR count). The quantitative estimate of drug-likeness (QED) is 0.637. The molecule has 1 heterocycles. The predicted molar refractivity (Wildman–Crippen MR) is 47.0 cm³/mol. The molecule has 1 aliphatic rings. The molecule has 3 heteroatoms. The second kappa shape index (κ2) is 2.91. The maximum atomic E-state index is 5.73. The number of hydrogen-bond donors (Lipinski definition) is 1. The first-order valence-electron chi connectivity index (χ1n) is 3.16. The average Bonchev–Trinajstić information content (AvgIpc) is 2.22. The Labute approximate surface area is 70.7 Å². The van der Waals surface area contributed by atoms with Crippen molar-refractivity contribution in [2.75, 3.05) is 0 Å². The van der Waals surface area contributed by atoms with Crippen molar-refractivity contribution < 1.29 is 0 Å². The second-order valence-electron chi connectivity index (χ2n) is 2.59. The van der Waals surface area contributed by atoms with E-state index in [1.165, 1.54) is 11.1 Å². The Balaban J connectivity index is 0.000000500. The molecule has 0 saturated carbocycles. The first-order chi connectivity index (χ1) is 4.36. The monoisotopic (exact) mass is 175 g/mol. The molecule has 0 aliphatic heterocycles. The van der Waals surface area contributed by atoms with Gasteiger partial charge in [0.05, 0.1) is 0 Å². The summed E-state index contributed by atoms with van der Waals surface area (Å²) in [5.74, 6) is 0. The zero-order chi connectivity index (χ0) is 6.27. The number of rotatable bonds is 0. The maximum absolute atomic E-state index is 5.73. The minimum atomic E-state index is 0. The predicted octanol–water partition coefficient (Wildman–Crippen LogP) is 1.60. The summed E-state index contributed by atoms with van der Waals surface area (Å²) in [5, 5.41) is 4.42. The summed E-state index contributed by atoms with van der Waals surface area (Å²) in [6.07, 6.45) is 2.19. The average molecular weight is 176 g/mol. The molecule has 1 aromatic rings. The van der Waals surface area contributed by atoms with Crippen molar-refractivity contribution in [3.8, 4) is 0 Å². The van der Waals surface area contributed by atoms with Gasteiger partial charge in [-0.2, -0.15) is 11.3 Å². The summed E-state index contributed by atoms with van der Waals surface area (Å²) in [7, 11) is 0. The van der Waals surface area contributed by atoms with Crippen LogP contribution in [0.25, 0.3) is 0 Å². The minimum absolute atomic E-state index is 0. The fourth-order valence-electron chi connectivity index (χ4n) is 1.35. The molecule has 0 aromatic carbocycles. The van der Waals surface area contributed by atoms with E-state index in [4.69, 9.17) is 5.73 Å². The van der Waals surface area contributed by atoms with Gasteiger partial charge in [0, 0.05) is 6.04 Å². The fourth-order valence-corrected chi connectivity index (χ4v) is 2.24. The van der Waals surface area contributed by atoms with Gasteiger partial charge in [-0.1, -0.05) is 0 Å². The highest BCUT2D eigenvalue weighted by Crippen LogP contribution is 2.24. The molecule has 0 spiro atoms. The second-order valence-corrected chi connectivity index (χ2v) is 3.33. The number of hydrogen-bond acceptors (Lipinski definition) is 2.